The van der Waals surface area contributed by atoms with Crippen molar-refractivity contribution >= 4 is 22.7 Å². The number of aromatic nitrogens is 1. The van der Waals surface area contributed by atoms with Crippen molar-refractivity contribution < 1.29 is 14.0 Å². The molecule has 3 aromatic rings. The summed E-state index contributed by atoms with van der Waals surface area (Å²) in [6, 6.07) is 13.9. The summed E-state index contributed by atoms with van der Waals surface area (Å²) in [6.07, 6.45) is 1.99. The Morgan fingerprint density at radius 3 is 2.67 bits per heavy atom. The lowest BCUT2D eigenvalue weighted by molar-refractivity contribution is -0.131. The van der Waals surface area contributed by atoms with Crippen LogP contribution in [0.1, 0.15) is 45.9 Å². The van der Waals surface area contributed by atoms with Crippen molar-refractivity contribution in [3.05, 3.63) is 76.7 Å². The standard InChI is InChI=1S/C24H24FN3O2/c1-15-4-6-16(7-5-15)11-22(29)28-10-2-3-17(14-28)23-20(24(26)30)13-18-12-19(25)8-9-21(18)27-23/h4-9,12-13,17H,2-3,10-11,14H2,1H3,(H2,26,30). The van der Waals surface area contributed by atoms with Crippen molar-refractivity contribution in [1.82, 2.24) is 9.88 Å². The molecule has 0 saturated carbocycles. The highest BCUT2D eigenvalue weighted by molar-refractivity contribution is 5.98. The molecular formula is C24H24FN3O2. The van der Waals surface area contributed by atoms with Crippen molar-refractivity contribution in [2.24, 2.45) is 5.73 Å². The van der Waals surface area contributed by atoms with Crippen molar-refractivity contribution in [1.29, 1.82) is 0 Å². The molecule has 1 fully saturated rings. The van der Waals surface area contributed by atoms with E-state index in [-0.39, 0.29) is 11.8 Å². The SMILES string of the molecule is Cc1ccc(CC(=O)N2CCCC(c3nc4ccc(F)cc4cc3C(N)=O)C2)cc1. The molecule has 0 aliphatic carbocycles. The van der Waals surface area contributed by atoms with Gasteiger partial charge in [0.1, 0.15) is 5.82 Å². The Morgan fingerprint density at radius 2 is 1.93 bits per heavy atom. The average molecular weight is 405 g/mol. The maximum absolute atomic E-state index is 13.6. The van der Waals surface area contributed by atoms with Crippen LogP contribution in [0.5, 0.6) is 0 Å². The molecule has 1 aliphatic rings. The predicted molar refractivity (Wildman–Crippen MR) is 114 cm³/mol. The fraction of sp³-hybridized carbons (Fsp3) is 0.292. The molecule has 0 radical (unpaired) electrons. The number of nitrogens with two attached hydrogens (primary N) is 1. The number of carbonyl (C=O) groups excluding carboxylic acids is 2. The van der Waals surface area contributed by atoms with Gasteiger partial charge in [0.15, 0.2) is 0 Å². The molecule has 1 aromatic heterocycles. The van der Waals surface area contributed by atoms with Crippen LogP contribution in [0, 0.1) is 12.7 Å². The van der Waals surface area contributed by atoms with Crippen LogP contribution in [0.3, 0.4) is 0 Å². The Labute approximate surface area is 174 Å². The lowest BCUT2D eigenvalue weighted by atomic mass is 9.90. The van der Waals surface area contributed by atoms with Gasteiger partial charge in [0.2, 0.25) is 5.91 Å². The molecule has 6 heteroatoms. The lowest BCUT2D eigenvalue weighted by Crippen LogP contribution is -2.40. The zero-order chi connectivity index (χ0) is 21.3. The molecule has 0 bridgehead atoms. The Hall–Kier alpha value is -3.28. The second-order valence-corrected chi connectivity index (χ2v) is 7.96. The molecule has 2 amide bonds. The smallest absolute Gasteiger partial charge is 0.250 e. The molecule has 1 unspecified atom stereocenters. The third kappa shape index (κ3) is 4.17. The normalized spacial score (nSPS) is 16.6. The van der Waals surface area contributed by atoms with E-state index in [1.54, 1.807) is 12.1 Å². The van der Waals surface area contributed by atoms with Crippen LogP contribution < -0.4 is 5.73 Å². The summed E-state index contributed by atoms with van der Waals surface area (Å²) in [5.74, 6) is -1.01. The fourth-order valence-corrected chi connectivity index (χ4v) is 4.09. The second-order valence-electron chi connectivity index (χ2n) is 7.96. The Kier molecular flexibility index (Phi) is 5.48. The lowest BCUT2D eigenvalue weighted by Gasteiger charge is -2.33. The Balaban J connectivity index is 1.59. The summed E-state index contributed by atoms with van der Waals surface area (Å²) >= 11 is 0. The van der Waals surface area contributed by atoms with E-state index >= 15 is 0 Å². The van der Waals surface area contributed by atoms with Gasteiger partial charge < -0.3 is 10.6 Å². The van der Waals surface area contributed by atoms with Crippen molar-refractivity contribution in [3.8, 4) is 0 Å². The molecule has 30 heavy (non-hydrogen) atoms. The number of pyridine rings is 1. The van der Waals surface area contributed by atoms with Gasteiger partial charge in [-0.1, -0.05) is 29.8 Å². The molecule has 1 atom stereocenters. The van der Waals surface area contributed by atoms with Gasteiger partial charge in [-0.2, -0.15) is 0 Å². The summed E-state index contributed by atoms with van der Waals surface area (Å²) < 4.78 is 13.6. The fourth-order valence-electron chi connectivity index (χ4n) is 4.09. The van der Waals surface area contributed by atoms with Gasteiger partial charge in [0, 0.05) is 24.4 Å². The van der Waals surface area contributed by atoms with Crippen molar-refractivity contribution in [2.45, 2.75) is 32.1 Å². The van der Waals surface area contributed by atoms with Crippen LogP contribution in [0.4, 0.5) is 4.39 Å². The quantitative estimate of drug-likeness (QED) is 0.719. The number of aryl methyl sites for hydroxylation is 1. The number of hydrogen-bond acceptors (Lipinski definition) is 3. The number of likely N-dealkylation sites (tertiary alicyclic amines) is 1. The van der Waals surface area contributed by atoms with Crippen LogP contribution >= 0.6 is 0 Å². The summed E-state index contributed by atoms with van der Waals surface area (Å²) in [7, 11) is 0. The van der Waals surface area contributed by atoms with Gasteiger partial charge in [-0.3, -0.25) is 14.6 Å². The highest BCUT2D eigenvalue weighted by Crippen LogP contribution is 2.30. The van der Waals surface area contributed by atoms with Crippen LogP contribution in [0.2, 0.25) is 0 Å². The predicted octanol–water partition coefficient (Wildman–Crippen LogP) is 3.73. The minimum absolute atomic E-state index is 0.0621. The number of amides is 2. The zero-order valence-corrected chi connectivity index (χ0v) is 16.9. The van der Waals surface area contributed by atoms with E-state index in [4.69, 9.17) is 5.73 Å². The average Bonchev–Trinajstić information content (AvgIpc) is 2.74. The maximum Gasteiger partial charge on any atom is 0.250 e. The summed E-state index contributed by atoms with van der Waals surface area (Å²) in [5.41, 5.74) is 9.25. The molecule has 5 nitrogen and oxygen atoms in total. The number of hydrogen-bond donors (Lipinski definition) is 1. The van der Waals surface area contributed by atoms with Crippen LogP contribution in [-0.4, -0.2) is 34.8 Å². The number of benzene rings is 2. The number of piperidine rings is 1. The van der Waals surface area contributed by atoms with Crippen molar-refractivity contribution in [3.63, 3.8) is 0 Å². The number of nitrogens with zero attached hydrogens (tertiary/aromatic N) is 2. The zero-order valence-electron chi connectivity index (χ0n) is 16.9. The minimum atomic E-state index is -0.591. The van der Waals surface area contributed by atoms with Crippen LogP contribution in [0.25, 0.3) is 10.9 Å². The first-order chi connectivity index (χ1) is 14.4. The molecule has 2 aromatic carbocycles. The van der Waals surface area contributed by atoms with E-state index in [0.717, 1.165) is 24.0 Å². The first-order valence-corrected chi connectivity index (χ1v) is 10.1. The van der Waals surface area contributed by atoms with E-state index in [9.17, 15) is 14.0 Å². The maximum atomic E-state index is 13.6. The van der Waals surface area contributed by atoms with Gasteiger partial charge in [-0.05, 0) is 49.6 Å². The second kappa shape index (κ2) is 8.22. The van der Waals surface area contributed by atoms with E-state index < -0.39 is 11.7 Å². The first-order valence-electron chi connectivity index (χ1n) is 10.1. The number of carbonyl (C=O) groups is 2. The molecule has 1 aliphatic heterocycles. The highest BCUT2D eigenvalue weighted by Gasteiger charge is 2.28. The number of rotatable bonds is 4. The molecule has 154 valence electrons. The molecule has 4 rings (SSSR count). The van der Waals surface area contributed by atoms with E-state index in [2.05, 4.69) is 4.98 Å². The molecule has 2 N–H and O–H groups in total. The molecular weight excluding hydrogens is 381 g/mol. The van der Waals surface area contributed by atoms with Gasteiger partial charge in [-0.25, -0.2) is 4.39 Å². The Bertz CT molecular complexity index is 1110. The van der Waals surface area contributed by atoms with E-state index in [1.165, 1.54) is 12.1 Å². The van der Waals surface area contributed by atoms with E-state index in [0.29, 0.717) is 41.7 Å². The van der Waals surface area contributed by atoms with Crippen LogP contribution in [0.15, 0.2) is 48.5 Å². The topological polar surface area (TPSA) is 76.3 Å². The third-order valence-corrected chi connectivity index (χ3v) is 5.71. The highest BCUT2D eigenvalue weighted by atomic mass is 19.1. The number of primary amides is 1. The van der Waals surface area contributed by atoms with Gasteiger partial charge in [-0.15, -0.1) is 0 Å². The molecule has 0 spiro atoms. The summed E-state index contributed by atoms with van der Waals surface area (Å²) in [6.45, 7) is 3.19. The van der Waals surface area contributed by atoms with E-state index in [1.807, 2.05) is 36.1 Å². The van der Waals surface area contributed by atoms with Crippen LogP contribution in [-0.2, 0) is 11.2 Å². The summed E-state index contributed by atoms with van der Waals surface area (Å²) in [4.78, 5) is 31.4. The first kappa shape index (κ1) is 20.0. The summed E-state index contributed by atoms with van der Waals surface area (Å²) in [5, 5.41) is 0.538. The van der Waals surface area contributed by atoms with Gasteiger partial charge >= 0.3 is 0 Å². The number of fused-ring (bicyclic) bond motifs is 1. The minimum Gasteiger partial charge on any atom is -0.366 e. The Morgan fingerprint density at radius 1 is 1.17 bits per heavy atom. The number of halogens is 1. The molecule has 1 saturated heterocycles. The van der Waals surface area contributed by atoms with Crippen molar-refractivity contribution in [2.75, 3.05) is 13.1 Å². The largest absolute Gasteiger partial charge is 0.366 e. The van der Waals surface area contributed by atoms with Gasteiger partial charge in [0.05, 0.1) is 23.2 Å². The third-order valence-electron chi connectivity index (χ3n) is 5.71. The molecule has 2 heterocycles. The van der Waals surface area contributed by atoms with Gasteiger partial charge in [0.25, 0.3) is 5.91 Å². The monoisotopic (exact) mass is 405 g/mol.